The molecule has 2 unspecified atom stereocenters. The molecule has 1 fully saturated rings. The van der Waals surface area contributed by atoms with Crippen molar-refractivity contribution >= 4 is 29.1 Å². The fourth-order valence-electron chi connectivity index (χ4n) is 3.04. The number of halogens is 1. The maximum atomic E-state index is 10.7. The predicted molar refractivity (Wildman–Crippen MR) is 119 cm³/mol. The van der Waals surface area contributed by atoms with Crippen molar-refractivity contribution < 1.29 is 19.1 Å². The number of aliphatic hydroxyl groups is 1. The van der Waals surface area contributed by atoms with Crippen LogP contribution in [0.2, 0.25) is 5.02 Å². The van der Waals surface area contributed by atoms with E-state index in [0.29, 0.717) is 52.5 Å². The Morgan fingerprint density at radius 2 is 2.22 bits per heavy atom. The van der Waals surface area contributed by atoms with Gasteiger partial charge in [-0.1, -0.05) is 28.6 Å². The maximum Gasteiger partial charge on any atom is 0.222 e. The monoisotopic (exact) mass is 455 g/mol. The van der Waals surface area contributed by atoms with E-state index in [0.717, 1.165) is 6.42 Å². The summed E-state index contributed by atoms with van der Waals surface area (Å²) in [5.41, 5.74) is 5.77. The minimum atomic E-state index is -1.48. The van der Waals surface area contributed by atoms with Crippen LogP contribution in [0.5, 0.6) is 5.75 Å². The molecule has 32 heavy (non-hydrogen) atoms. The Labute approximate surface area is 189 Å². The van der Waals surface area contributed by atoms with Gasteiger partial charge in [-0.25, -0.2) is 4.98 Å². The van der Waals surface area contributed by atoms with Crippen molar-refractivity contribution in [2.24, 2.45) is 0 Å². The lowest BCUT2D eigenvalue weighted by Gasteiger charge is -2.17. The first-order valence-electron chi connectivity index (χ1n) is 9.93. The Kier molecular flexibility index (Phi) is 6.19. The van der Waals surface area contributed by atoms with Crippen LogP contribution in [0.15, 0.2) is 35.0 Å². The molecule has 166 valence electrons. The molecule has 10 heteroatoms. The van der Waals surface area contributed by atoms with Gasteiger partial charge in [-0.05, 0) is 32.0 Å². The summed E-state index contributed by atoms with van der Waals surface area (Å²) >= 11 is 6.22. The lowest BCUT2D eigenvalue weighted by atomic mass is 10.0. The van der Waals surface area contributed by atoms with Crippen LogP contribution >= 0.6 is 11.6 Å². The van der Waals surface area contributed by atoms with E-state index >= 15 is 0 Å². The number of hydrogen-bond donors (Lipinski definition) is 3. The molecule has 3 aromatic rings. The highest BCUT2D eigenvalue weighted by atomic mass is 35.5. The highest BCUT2D eigenvalue weighted by molar-refractivity contribution is 6.32. The minimum Gasteiger partial charge on any atom is -0.486 e. The summed E-state index contributed by atoms with van der Waals surface area (Å²) < 4.78 is 16.5. The smallest absolute Gasteiger partial charge is 0.222 e. The van der Waals surface area contributed by atoms with Crippen molar-refractivity contribution in [3.8, 4) is 17.6 Å². The van der Waals surface area contributed by atoms with Crippen LogP contribution in [0.3, 0.4) is 0 Å². The largest absolute Gasteiger partial charge is 0.486 e. The molecule has 4 N–H and O–H groups in total. The van der Waals surface area contributed by atoms with Gasteiger partial charge in [-0.3, -0.25) is 0 Å². The highest BCUT2D eigenvalue weighted by Crippen LogP contribution is 2.32. The lowest BCUT2D eigenvalue weighted by molar-refractivity contribution is 0.112. The highest BCUT2D eigenvalue weighted by Gasteiger charge is 2.24. The number of aromatic nitrogens is 3. The number of hydrogen-bond acceptors (Lipinski definition) is 9. The Hall–Kier alpha value is -3.32. The fraction of sp³-hybridized carbons (Fsp3) is 0.318. The van der Waals surface area contributed by atoms with Gasteiger partial charge >= 0.3 is 0 Å². The summed E-state index contributed by atoms with van der Waals surface area (Å²) in [6.45, 7) is 4.47. The first-order chi connectivity index (χ1) is 15.3. The topological polar surface area (TPSA) is 129 Å². The second kappa shape index (κ2) is 9.04. The summed E-state index contributed by atoms with van der Waals surface area (Å²) in [5.74, 6) is 7.39. The first-order valence-corrected chi connectivity index (χ1v) is 10.3. The van der Waals surface area contributed by atoms with Crippen molar-refractivity contribution in [2.45, 2.75) is 32.0 Å². The molecule has 1 saturated heterocycles. The number of aryl methyl sites for hydroxylation is 1. The van der Waals surface area contributed by atoms with Gasteiger partial charge in [0.1, 0.15) is 28.3 Å². The number of anilines is 3. The molecule has 1 aliphatic heterocycles. The van der Waals surface area contributed by atoms with Crippen LogP contribution in [0.4, 0.5) is 17.5 Å². The van der Waals surface area contributed by atoms with Crippen LogP contribution in [0, 0.1) is 18.8 Å². The zero-order valence-electron chi connectivity index (χ0n) is 17.6. The van der Waals surface area contributed by atoms with Crippen molar-refractivity contribution in [3.05, 3.63) is 52.5 Å². The zero-order chi connectivity index (χ0) is 22.7. The Balaban J connectivity index is 1.66. The zero-order valence-corrected chi connectivity index (χ0v) is 18.3. The normalized spacial score (nSPS) is 17.3. The number of ether oxygens (including phenoxy) is 2. The summed E-state index contributed by atoms with van der Waals surface area (Å²) in [6, 6.07) is 7.00. The van der Waals surface area contributed by atoms with Gasteiger partial charge in [0.2, 0.25) is 5.95 Å². The Morgan fingerprint density at radius 3 is 2.94 bits per heavy atom. The Morgan fingerprint density at radius 1 is 1.38 bits per heavy atom. The van der Waals surface area contributed by atoms with E-state index in [2.05, 4.69) is 32.3 Å². The van der Waals surface area contributed by atoms with Gasteiger partial charge < -0.3 is 30.2 Å². The molecular formula is C22H22ClN5O4. The second-order valence-electron chi connectivity index (χ2n) is 7.51. The van der Waals surface area contributed by atoms with E-state index in [4.69, 9.17) is 31.3 Å². The number of rotatable bonds is 5. The van der Waals surface area contributed by atoms with Gasteiger partial charge in [0.15, 0.2) is 11.4 Å². The van der Waals surface area contributed by atoms with Crippen molar-refractivity contribution in [2.75, 3.05) is 24.3 Å². The van der Waals surface area contributed by atoms with Gasteiger partial charge in [-0.15, -0.1) is 0 Å². The number of nitrogen functional groups attached to an aromatic ring is 1. The number of nitrogens with zero attached hydrogens (tertiary/aromatic N) is 3. The van der Waals surface area contributed by atoms with Crippen molar-refractivity contribution in [1.29, 1.82) is 0 Å². The van der Waals surface area contributed by atoms with E-state index in [1.54, 1.807) is 38.1 Å². The minimum absolute atomic E-state index is 0.0606. The maximum absolute atomic E-state index is 10.7. The number of nitrogens with two attached hydrogens (primary N) is 1. The Bertz CT molecular complexity index is 1180. The van der Waals surface area contributed by atoms with Crippen LogP contribution in [0.25, 0.3) is 0 Å². The molecule has 3 heterocycles. The molecule has 0 amide bonds. The van der Waals surface area contributed by atoms with E-state index in [-0.39, 0.29) is 12.1 Å². The molecule has 1 aromatic carbocycles. The third-order valence-electron chi connectivity index (χ3n) is 4.75. The molecule has 0 radical (unpaired) electrons. The summed E-state index contributed by atoms with van der Waals surface area (Å²) in [7, 11) is 0. The second-order valence-corrected chi connectivity index (χ2v) is 7.92. The molecular weight excluding hydrogens is 434 g/mol. The summed E-state index contributed by atoms with van der Waals surface area (Å²) in [6.07, 6.45) is 2.15. The molecule has 9 nitrogen and oxygen atoms in total. The summed E-state index contributed by atoms with van der Waals surface area (Å²) in [4.78, 5) is 8.02. The van der Waals surface area contributed by atoms with Gasteiger partial charge in [0, 0.05) is 18.1 Å². The molecule has 0 saturated carbocycles. The number of benzene rings is 1. The molecule has 2 aromatic heterocycles. The van der Waals surface area contributed by atoms with E-state index in [9.17, 15) is 5.11 Å². The van der Waals surface area contributed by atoms with Gasteiger partial charge in [0.25, 0.3) is 0 Å². The summed E-state index contributed by atoms with van der Waals surface area (Å²) in [5, 5.41) is 18.0. The quantitative estimate of drug-likeness (QED) is 0.496. The predicted octanol–water partition coefficient (Wildman–Crippen LogP) is 3.18. The average molecular weight is 456 g/mol. The van der Waals surface area contributed by atoms with Crippen LogP contribution in [0.1, 0.15) is 30.4 Å². The average Bonchev–Trinajstić information content (AvgIpc) is 3.43. The molecule has 2 atom stereocenters. The van der Waals surface area contributed by atoms with Gasteiger partial charge in [0.05, 0.1) is 25.1 Å². The standard InChI is InChI=1S/C22H22ClN5O4/c1-13-9-19(28-32-13)22(2,29)7-5-14-3-4-18(31-15-6-8-30-12-15)17(10-14)26-20-16(23)11-25-21(24)27-20/h3-4,9-11,15,29H,6,8,12H2,1-2H3,(H3,24,25,26,27). The molecule has 4 rings (SSSR count). The van der Waals surface area contributed by atoms with Crippen LogP contribution < -0.4 is 15.8 Å². The fourth-order valence-corrected chi connectivity index (χ4v) is 3.18. The SMILES string of the molecule is Cc1cc(C(C)(O)C#Cc2ccc(OC3CCOC3)c(Nc3nc(N)ncc3Cl)c2)no1. The van der Waals surface area contributed by atoms with Crippen molar-refractivity contribution in [1.82, 2.24) is 15.1 Å². The van der Waals surface area contributed by atoms with Crippen molar-refractivity contribution in [3.63, 3.8) is 0 Å². The van der Waals surface area contributed by atoms with Gasteiger partial charge in [-0.2, -0.15) is 4.98 Å². The third-order valence-corrected chi connectivity index (χ3v) is 5.03. The molecule has 0 bridgehead atoms. The molecule has 0 aliphatic carbocycles. The van der Waals surface area contributed by atoms with E-state index < -0.39 is 5.60 Å². The van der Waals surface area contributed by atoms with Crippen LogP contribution in [-0.2, 0) is 10.3 Å². The molecule has 0 spiro atoms. The third kappa shape index (κ3) is 5.11. The molecule has 1 aliphatic rings. The van der Waals surface area contributed by atoms with Crippen LogP contribution in [-0.4, -0.2) is 39.5 Å². The van der Waals surface area contributed by atoms with E-state index in [1.807, 2.05) is 0 Å². The van der Waals surface area contributed by atoms with E-state index in [1.165, 1.54) is 6.20 Å². The number of nitrogens with one attached hydrogen (secondary N) is 1. The lowest BCUT2D eigenvalue weighted by Crippen LogP contribution is -2.19. The first kappa shape index (κ1) is 21.9.